The van der Waals surface area contributed by atoms with Gasteiger partial charge in [0.15, 0.2) is 0 Å². The van der Waals surface area contributed by atoms with Gasteiger partial charge in [0.25, 0.3) is 0 Å². The lowest BCUT2D eigenvalue weighted by atomic mass is 9.61. The van der Waals surface area contributed by atoms with E-state index in [1.54, 1.807) is 0 Å². The van der Waals surface area contributed by atoms with E-state index < -0.39 is 0 Å². The molecule has 1 aliphatic carbocycles. The topological polar surface area (TPSA) is 56.7 Å². The second-order valence-corrected chi connectivity index (χ2v) is 6.66. The van der Waals surface area contributed by atoms with Crippen LogP contribution in [-0.4, -0.2) is 20.8 Å². The quantitative estimate of drug-likeness (QED) is 0.913. The van der Waals surface area contributed by atoms with Gasteiger partial charge in [0.2, 0.25) is 0 Å². The minimum Gasteiger partial charge on any atom is -0.327 e. The smallest absolute Gasteiger partial charge is 0.136 e. The number of hydrogen-bond acceptors (Lipinski definition) is 3. The molecule has 2 rings (SSSR count). The zero-order chi connectivity index (χ0) is 14.2. The monoisotopic (exact) mass is 264 g/mol. The molecule has 1 saturated carbocycles. The lowest BCUT2D eigenvalue weighted by Gasteiger charge is -2.46. The summed E-state index contributed by atoms with van der Waals surface area (Å²) in [5.74, 6) is 3.19. The van der Waals surface area contributed by atoms with Crippen molar-refractivity contribution in [3.8, 4) is 0 Å². The van der Waals surface area contributed by atoms with Crippen LogP contribution in [0.3, 0.4) is 0 Å². The van der Waals surface area contributed by atoms with Crippen molar-refractivity contribution < 1.29 is 0 Å². The molecule has 1 aliphatic rings. The van der Waals surface area contributed by atoms with Gasteiger partial charge in [-0.2, -0.15) is 0 Å². The Morgan fingerprint density at radius 3 is 2.63 bits per heavy atom. The van der Waals surface area contributed by atoms with Crippen LogP contribution in [0.25, 0.3) is 0 Å². The predicted molar refractivity (Wildman–Crippen MR) is 77.9 cm³/mol. The van der Waals surface area contributed by atoms with Crippen LogP contribution < -0.4 is 5.73 Å². The molecule has 2 N–H and O–H groups in total. The summed E-state index contributed by atoms with van der Waals surface area (Å²) >= 11 is 0. The summed E-state index contributed by atoms with van der Waals surface area (Å²) in [4.78, 5) is 0. The Morgan fingerprint density at radius 1 is 1.32 bits per heavy atom. The number of aromatic nitrogens is 3. The summed E-state index contributed by atoms with van der Waals surface area (Å²) in [5.41, 5.74) is 6.44. The molecule has 0 bridgehead atoms. The van der Waals surface area contributed by atoms with Gasteiger partial charge in [-0.1, -0.05) is 27.7 Å². The van der Waals surface area contributed by atoms with Crippen LogP contribution in [0.1, 0.15) is 64.5 Å². The maximum atomic E-state index is 6.25. The SMILES string of the molecule is CCCn1c(C)nnc1C1CCC(N)C(C)C1(C)C. The Balaban J connectivity index is 2.36. The molecule has 3 atom stereocenters. The molecular weight excluding hydrogens is 236 g/mol. The average Bonchev–Trinajstić information content (AvgIpc) is 2.69. The molecule has 1 aromatic heterocycles. The van der Waals surface area contributed by atoms with Crippen molar-refractivity contribution in [3.05, 3.63) is 11.6 Å². The summed E-state index contributed by atoms with van der Waals surface area (Å²) < 4.78 is 2.30. The summed E-state index contributed by atoms with van der Waals surface area (Å²) in [6, 6.07) is 0.315. The number of rotatable bonds is 3. The van der Waals surface area contributed by atoms with Gasteiger partial charge >= 0.3 is 0 Å². The molecule has 19 heavy (non-hydrogen) atoms. The molecule has 4 nitrogen and oxygen atoms in total. The van der Waals surface area contributed by atoms with Crippen LogP contribution >= 0.6 is 0 Å². The second-order valence-electron chi connectivity index (χ2n) is 6.66. The van der Waals surface area contributed by atoms with Gasteiger partial charge in [-0.15, -0.1) is 10.2 Å². The lowest BCUT2D eigenvalue weighted by molar-refractivity contribution is 0.0925. The fraction of sp³-hybridized carbons (Fsp3) is 0.867. The van der Waals surface area contributed by atoms with Crippen LogP contribution in [0.15, 0.2) is 0 Å². The molecule has 0 aromatic carbocycles. The third-order valence-electron chi connectivity index (χ3n) is 5.23. The third-order valence-corrected chi connectivity index (χ3v) is 5.23. The fourth-order valence-electron chi connectivity index (χ4n) is 3.47. The van der Waals surface area contributed by atoms with Gasteiger partial charge in [0.05, 0.1) is 0 Å². The number of hydrogen-bond donors (Lipinski definition) is 1. The largest absolute Gasteiger partial charge is 0.327 e. The van der Waals surface area contributed by atoms with Crippen LogP contribution in [0, 0.1) is 18.3 Å². The highest BCUT2D eigenvalue weighted by molar-refractivity contribution is 5.10. The molecule has 0 radical (unpaired) electrons. The second kappa shape index (κ2) is 5.23. The van der Waals surface area contributed by atoms with Crippen molar-refractivity contribution in [3.63, 3.8) is 0 Å². The van der Waals surface area contributed by atoms with E-state index in [4.69, 9.17) is 5.73 Å². The molecular formula is C15H28N4. The Labute approximate surface area is 116 Å². The fourth-order valence-corrected chi connectivity index (χ4v) is 3.47. The van der Waals surface area contributed by atoms with Gasteiger partial charge in [-0.05, 0) is 37.5 Å². The minimum atomic E-state index is 0.183. The van der Waals surface area contributed by atoms with Gasteiger partial charge in [-0.25, -0.2) is 0 Å². The van der Waals surface area contributed by atoms with E-state index in [1.807, 2.05) is 0 Å². The van der Waals surface area contributed by atoms with Crippen molar-refractivity contribution in [1.29, 1.82) is 0 Å². The maximum absolute atomic E-state index is 6.25. The standard InChI is InChI=1S/C15H28N4/c1-6-9-19-11(3)17-18-14(19)12-7-8-13(16)10(2)15(12,4)5/h10,12-13H,6-9,16H2,1-5H3. The molecule has 0 amide bonds. The number of aryl methyl sites for hydroxylation is 1. The first kappa shape index (κ1) is 14.5. The van der Waals surface area contributed by atoms with Crippen LogP contribution in [-0.2, 0) is 6.54 Å². The van der Waals surface area contributed by atoms with E-state index in [2.05, 4.69) is 49.4 Å². The first-order valence-corrected chi connectivity index (χ1v) is 7.54. The van der Waals surface area contributed by atoms with E-state index in [1.165, 1.54) is 5.82 Å². The van der Waals surface area contributed by atoms with Gasteiger partial charge in [0, 0.05) is 18.5 Å². The highest BCUT2D eigenvalue weighted by atomic mass is 15.3. The first-order valence-electron chi connectivity index (χ1n) is 7.54. The van der Waals surface area contributed by atoms with Crippen molar-refractivity contribution in [2.45, 2.75) is 72.4 Å². The van der Waals surface area contributed by atoms with Crippen LogP contribution in [0.4, 0.5) is 0 Å². The van der Waals surface area contributed by atoms with E-state index in [-0.39, 0.29) is 5.41 Å². The van der Waals surface area contributed by atoms with Gasteiger partial charge < -0.3 is 10.3 Å². The van der Waals surface area contributed by atoms with Crippen molar-refractivity contribution in [1.82, 2.24) is 14.8 Å². The lowest BCUT2D eigenvalue weighted by Crippen LogP contribution is -2.46. The first-order chi connectivity index (χ1) is 8.89. The summed E-state index contributed by atoms with van der Waals surface area (Å²) in [6.45, 7) is 12.2. The molecule has 0 saturated heterocycles. The van der Waals surface area contributed by atoms with Crippen LogP contribution in [0.5, 0.6) is 0 Å². The van der Waals surface area contributed by atoms with Gasteiger partial charge in [-0.3, -0.25) is 0 Å². The molecule has 1 heterocycles. The Hall–Kier alpha value is -0.900. The Bertz CT molecular complexity index is 435. The summed E-state index contributed by atoms with van der Waals surface area (Å²) in [6.07, 6.45) is 3.34. The van der Waals surface area contributed by atoms with E-state index in [0.29, 0.717) is 17.9 Å². The predicted octanol–water partition coefficient (Wildman–Crippen LogP) is 2.86. The third kappa shape index (κ3) is 2.42. The van der Waals surface area contributed by atoms with Crippen molar-refractivity contribution in [2.24, 2.45) is 17.1 Å². The van der Waals surface area contributed by atoms with Crippen molar-refractivity contribution in [2.75, 3.05) is 0 Å². The molecule has 3 unspecified atom stereocenters. The summed E-state index contributed by atoms with van der Waals surface area (Å²) in [7, 11) is 0. The normalized spacial score (nSPS) is 30.5. The Morgan fingerprint density at radius 2 is 2.00 bits per heavy atom. The van der Waals surface area contributed by atoms with Crippen molar-refractivity contribution >= 4 is 0 Å². The highest BCUT2D eigenvalue weighted by Gasteiger charge is 2.44. The molecule has 1 fully saturated rings. The van der Waals surface area contributed by atoms with E-state index in [0.717, 1.165) is 31.6 Å². The average molecular weight is 264 g/mol. The zero-order valence-electron chi connectivity index (χ0n) is 13.0. The number of nitrogens with two attached hydrogens (primary N) is 1. The molecule has 0 aliphatic heterocycles. The van der Waals surface area contributed by atoms with Gasteiger partial charge in [0.1, 0.15) is 11.6 Å². The molecule has 108 valence electrons. The maximum Gasteiger partial charge on any atom is 0.136 e. The van der Waals surface area contributed by atoms with Crippen LogP contribution in [0.2, 0.25) is 0 Å². The number of nitrogens with zero attached hydrogens (tertiary/aromatic N) is 3. The molecule has 1 aromatic rings. The molecule has 4 heteroatoms. The Kier molecular flexibility index (Phi) is 4.00. The van der Waals surface area contributed by atoms with E-state index >= 15 is 0 Å². The summed E-state index contributed by atoms with van der Waals surface area (Å²) in [5, 5.41) is 8.79. The minimum absolute atomic E-state index is 0.183. The highest BCUT2D eigenvalue weighted by Crippen LogP contribution is 2.49. The molecule has 0 spiro atoms. The van der Waals surface area contributed by atoms with E-state index in [9.17, 15) is 0 Å². The zero-order valence-corrected chi connectivity index (χ0v) is 13.0.